The Morgan fingerprint density at radius 3 is 2.50 bits per heavy atom. The number of hydrogen-bond donors (Lipinski definition) is 0. The summed E-state index contributed by atoms with van der Waals surface area (Å²) in [5.41, 5.74) is 1.30. The lowest BCUT2D eigenvalue weighted by Gasteiger charge is -2.01. The van der Waals surface area contributed by atoms with Crippen molar-refractivity contribution in [3.8, 4) is 0 Å². The molecule has 0 aliphatic carbocycles. The van der Waals surface area contributed by atoms with Gasteiger partial charge in [0.2, 0.25) is 0 Å². The Labute approximate surface area is 85.7 Å². The summed E-state index contributed by atoms with van der Waals surface area (Å²) in [6.45, 7) is 0. The summed E-state index contributed by atoms with van der Waals surface area (Å²) in [6.07, 6.45) is 0. The Balaban J connectivity index is 2.79. The molecule has 2 aromatic rings. The molecule has 2 rings (SSSR count). The van der Waals surface area contributed by atoms with Gasteiger partial charge in [-0.15, -0.1) is 0 Å². The van der Waals surface area contributed by atoms with Crippen LogP contribution in [-0.4, -0.2) is 0 Å². The molecule has 12 heavy (non-hydrogen) atoms. The highest BCUT2D eigenvalue weighted by atomic mass is 127. The SMILES string of the molecule is I[CH]c1cccc2ccccc12. The predicted octanol–water partition coefficient (Wildman–Crippen LogP) is 3.78. The Hall–Kier alpha value is -0.570. The fourth-order valence-electron chi connectivity index (χ4n) is 1.35. The maximum Gasteiger partial charge on any atom is 0.0524 e. The Morgan fingerprint density at radius 2 is 1.67 bits per heavy atom. The standard InChI is InChI=1S/C11H8I/c12-8-10-6-3-5-9-4-1-2-7-11(9)10/h1-8H. The third-order valence-electron chi connectivity index (χ3n) is 1.94. The van der Waals surface area contributed by atoms with Crippen LogP contribution in [0.2, 0.25) is 0 Å². The molecule has 1 radical (unpaired) electrons. The molecule has 0 heterocycles. The summed E-state index contributed by atoms with van der Waals surface area (Å²) < 4.78 is 2.11. The van der Waals surface area contributed by atoms with Gasteiger partial charge >= 0.3 is 0 Å². The molecule has 0 N–H and O–H groups in total. The van der Waals surface area contributed by atoms with E-state index in [-0.39, 0.29) is 0 Å². The van der Waals surface area contributed by atoms with Crippen molar-refractivity contribution in [2.24, 2.45) is 0 Å². The average molecular weight is 267 g/mol. The van der Waals surface area contributed by atoms with Crippen LogP contribution in [0.15, 0.2) is 42.5 Å². The molecule has 0 amide bonds. The van der Waals surface area contributed by atoms with Crippen molar-refractivity contribution in [1.82, 2.24) is 0 Å². The van der Waals surface area contributed by atoms with Crippen LogP contribution < -0.4 is 0 Å². The summed E-state index contributed by atoms with van der Waals surface area (Å²) in [5.74, 6) is 0. The van der Waals surface area contributed by atoms with E-state index in [9.17, 15) is 0 Å². The molecular formula is C11H8I. The van der Waals surface area contributed by atoms with Crippen LogP contribution in [0, 0.1) is 4.43 Å². The fraction of sp³-hybridized carbons (Fsp3) is 0. The average Bonchev–Trinajstić information content (AvgIpc) is 2.17. The van der Waals surface area contributed by atoms with Crippen LogP contribution >= 0.6 is 22.6 Å². The van der Waals surface area contributed by atoms with Crippen LogP contribution in [0.1, 0.15) is 5.56 Å². The molecule has 0 saturated heterocycles. The van der Waals surface area contributed by atoms with E-state index < -0.39 is 0 Å². The molecule has 59 valence electrons. The maximum absolute atomic E-state index is 2.28. The second kappa shape index (κ2) is 3.44. The zero-order valence-corrected chi connectivity index (χ0v) is 8.65. The van der Waals surface area contributed by atoms with Crippen molar-refractivity contribution in [1.29, 1.82) is 0 Å². The van der Waals surface area contributed by atoms with Gasteiger partial charge in [0, 0.05) is 0 Å². The third kappa shape index (κ3) is 1.33. The quantitative estimate of drug-likeness (QED) is 0.690. The van der Waals surface area contributed by atoms with Gasteiger partial charge in [-0.1, -0.05) is 65.1 Å². The first kappa shape index (κ1) is 8.05. The van der Waals surface area contributed by atoms with Gasteiger partial charge in [-0.25, -0.2) is 0 Å². The summed E-state index contributed by atoms with van der Waals surface area (Å²) in [7, 11) is 0. The highest BCUT2D eigenvalue weighted by molar-refractivity contribution is 14.1. The second-order valence-corrected chi connectivity index (χ2v) is 3.30. The van der Waals surface area contributed by atoms with Crippen molar-refractivity contribution in [3.63, 3.8) is 0 Å². The van der Waals surface area contributed by atoms with Gasteiger partial charge in [0.15, 0.2) is 0 Å². The van der Waals surface area contributed by atoms with E-state index in [1.165, 1.54) is 16.3 Å². The highest BCUT2D eigenvalue weighted by Gasteiger charge is 1.96. The van der Waals surface area contributed by atoms with E-state index in [1.807, 2.05) is 0 Å². The fourth-order valence-corrected chi connectivity index (χ4v) is 1.89. The molecule has 0 aliphatic heterocycles. The van der Waals surface area contributed by atoms with Crippen LogP contribution in [-0.2, 0) is 0 Å². The van der Waals surface area contributed by atoms with Gasteiger partial charge in [0.1, 0.15) is 0 Å². The molecule has 0 bridgehead atoms. The normalized spacial score (nSPS) is 10.4. The van der Waals surface area contributed by atoms with Crippen molar-refractivity contribution in [2.75, 3.05) is 0 Å². The first-order valence-corrected chi connectivity index (χ1v) is 5.07. The van der Waals surface area contributed by atoms with Crippen molar-refractivity contribution in [3.05, 3.63) is 52.5 Å². The highest BCUT2D eigenvalue weighted by Crippen LogP contribution is 2.21. The number of halogens is 1. The summed E-state index contributed by atoms with van der Waals surface area (Å²) in [6, 6.07) is 14.8. The van der Waals surface area contributed by atoms with Crippen molar-refractivity contribution >= 4 is 33.4 Å². The number of hydrogen-bond acceptors (Lipinski definition) is 0. The maximum atomic E-state index is 2.28. The molecule has 0 spiro atoms. The number of rotatable bonds is 1. The lowest BCUT2D eigenvalue weighted by Crippen LogP contribution is -1.78. The van der Waals surface area contributed by atoms with Crippen LogP contribution in [0.5, 0.6) is 0 Å². The first-order valence-electron chi connectivity index (χ1n) is 3.83. The topological polar surface area (TPSA) is 0 Å². The minimum atomic E-state index is 1.30. The molecule has 0 aromatic heterocycles. The van der Waals surface area contributed by atoms with E-state index in [0.29, 0.717) is 0 Å². The minimum absolute atomic E-state index is 1.30. The van der Waals surface area contributed by atoms with Gasteiger partial charge < -0.3 is 0 Å². The van der Waals surface area contributed by atoms with Crippen LogP contribution in [0.3, 0.4) is 0 Å². The summed E-state index contributed by atoms with van der Waals surface area (Å²) in [5, 5.41) is 2.64. The molecule has 0 atom stereocenters. The second-order valence-electron chi connectivity index (χ2n) is 2.68. The molecule has 0 saturated carbocycles. The molecule has 2 aromatic carbocycles. The monoisotopic (exact) mass is 267 g/mol. The molecule has 1 heteroatoms. The Bertz CT molecular complexity index is 388. The lowest BCUT2D eigenvalue weighted by molar-refractivity contribution is 1.67. The van der Waals surface area contributed by atoms with Crippen LogP contribution in [0.25, 0.3) is 10.8 Å². The lowest BCUT2D eigenvalue weighted by atomic mass is 10.1. The Kier molecular flexibility index (Phi) is 2.30. The van der Waals surface area contributed by atoms with Gasteiger partial charge in [-0.3, -0.25) is 0 Å². The van der Waals surface area contributed by atoms with Crippen LogP contribution in [0.4, 0.5) is 0 Å². The molecular weight excluding hydrogens is 259 g/mol. The summed E-state index contributed by atoms with van der Waals surface area (Å²) in [4.78, 5) is 0. The van der Waals surface area contributed by atoms with Crippen molar-refractivity contribution in [2.45, 2.75) is 0 Å². The zero-order chi connectivity index (χ0) is 8.39. The zero-order valence-electron chi connectivity index (χ0n) is 6.50. The van der Waals surface area contributed by atoms with Gasteiger partial charge in [-0.05, 0) is 16.3 Å². The minimum Gasteiger partial charge on any atom is -0.0759 e. The first-order chi connectivity index (χ1) is 5.92. The van der Waals surface area contributed by atoms with E-state index >= 15 is 0 Å². The van der Waals surface area contributed by atoms with Crippen molar-refractivity contribution < 1.29 is 0 Å². The molecule has 0 aliphatic rings. The molecule has 0 unspecified atom stereocenters. The number of benzene rings is 2. The van der Waals surface area contributed by atoms with E-state index in [0.717, 1.165) is 0 Å². The van der Waals surface area contributed by atoms with Gasteiger partial charge in [0.25, 0.3) is 0 Å². The van der Waals surface area contributed by atoms with Gasteiger partial charge in [-0.2, -0.15) is 0 Å². The predicted molar refractivity (Wildman–Crippen MR) is 61.4 cm³/mol. The molecule has 0 fully saturated rings. The van der Waals surface area contributed by atoms with Gasteiger partial charge in [0.05, 0.1) is 4.43 Å². The van der Waals surface area contributed by atoms with E-state index in [1.54, 1.807) is 0 Å². The largest absolute Gasteiger partial charge is 0.0759 e. The number of fused-ring (bicyclic) bond motifs is 1. The molecule has 0 nitrogen and oxygen atoms in total. The summed E-state index contributed by atoms with van der Waals surface area (Å²) >= 11 is 2.28. The van der Waals surface area contributed by atoms with E-state index in [4.69, 9.17) is 0 Å². The Morgan fingerprint density at radius 1 is 0.917 bits per heavy atom. The smallest absolute Gasteiger partial charge is 0.0524 e. The third-order valence-corrected chi connectivity index (χ3v) is 2.61. The van der Waals surface area contributed by atoms with E-state index in [2.05, 4.69) is 69.5 Å².